The average Bonchev–Trinajstić information content (AvgIpc) is 3.13. The van der Waals surface area contributed by atoms with E-state index in [1.807, 2.05) is 48.7 Å². The van der Waals surface area contributed by atoms with Gasteiger partial charge in [0.15, 0.2) is 0 Å². The van der Waals surface area contributed by atoms with Crippen LogP contribution in [0.2, 0.25) is 0 Å². The highest BCUT2D eigenvalue weighted by Gasteiger charge is 2.09. The molecule has 5 nitrogen and oxygen atoms in total. The van der Waals surface area contributed by atoms with Crippen LogP contribution >= 0.6 is 11.3 Å². The fourth-order valence-corrected chi connectivity index (χ4v) is 3.24. The number of benzene rings is 1. The number of pyridine rings is 1. The van der Waals surface area contributed by atoms with Crippen molar-refractivity contribution in [3.8, 4) is 22.0 Å². The lowest BCUT2D eigenvalue weighted by Gasteiger charge is -2.06. The number of hydrogen-bond donors (Lipinski definition) is 1. The zero-order valence-electron chi connectivity index (χ0n) is 13.5. The molecule has 3 aromatic heterocycles. The first-order valence-corrected chi connectivity index (χ1v) is 8.70. The van der Waals surface area contributed by atoms with Gasteiger partial charge in [-0.1, -0.05) is 30.3 Å². The Bertz CT molecular complexity index is 997. The fourth-order valence-electron chi connectivity index (χ4n) is 2.42. The summed E-state index contributed by atoms with van der Waals surface area (Å²) in [5, 5.41) is 6.21. The first-order valence-electron chi connectivity index (χ1n) is 7.82. The second kappa shape index (κ2) is 6.78. The zero-order valence-corrected chi connectivity index (χ0v) is 14.4. The summed E-state index contributed by atoms with van der Waals surface area (Å²) < 4.78 is 0. The lowest BCUT2D eigenvalue weighted by molar-refractivity contribution is 1.15. The summed E-state index contributed by atoms with van der Waals surface area (Å²) in [5.41, 5.74) is 4.60. The summed E-state index contributed by atoms with van der Waals surface area (Å²) in [6.45, 7) is 1.95. The van der Waals surface area contributed by atoms with E-state index in [9.17, 15) is 0 Å². The molecular weight excluding hydrogens is 330 g/mol. The minimum Gasteiger partial charge on any atom is -0.324 e. The average molecular weight is 345 g/mol. The van der Waals surface area contributed by atoms with Gasteiger partial charge in [0.25, 0.3) is 0 Å². The molecule has 1 N–H and O–H groups in total. The van der Waals surface area contributed by atoms with Gasteiger partial charge in [0.05, 0.1) is 5.69 Å². The van der Waals surface area contributed by atoms with Crippen molar-refractivity contribution in [2.45, 2.75) is 6.92 Å². The third kappa shape index (κ3) is 3.54. The Balaban J connectivity index is 1.60. The number of aromatic nitrogens is 4. The van der Waals surface area contributed by atoms with E-state index in [1.54, 1.807) is 23.7 Å². The predicted molar refractivity (Wildman–Crippen MR) is 101 cm³/mol. The van der Waals surface area contributed by atoms with Crippen molar-refractivity contribution in [3.63, 3.8) is 0 Å². The Kier molecular flexibility index (Phi) is 4.18. The van der Waals surface area contributed by atoms with E-state index in [2.05, 4.69) is 32.4 Å². The number of anilines is 2. The maximum atomic E-state index is 4.70. The van der Waals surface area contributed by atoms with Crippen molar-refractivity contribution in [2.24, 2.45) is 0 Å². The molecule has 0 unspecified atom stereocenters. The van der Waals surface area contributed by atoms with E-state index in [0.717, 1.165) is 33.3 Å². The second-order valence-electron chi connectivity index (χ2n) is 5.48. The Morgan fingerprint density at radius 1 is 0.880 bits per heavy atom. The van der Waals surface area contributed by atoms with Crippen LogP contribution in [0, 0.1) is 6.92 Å². The molecule has 0 spiro atoms. The standard InChI is InChI=1S/C19H15N5S/c1-13-11-15(7-9-20-13)22-19-21-10-8-16(24-19)17-12-25-18(23-17)14-5-3-2-4-6-14/h2-12H,1H3,(H,20,21,22,24). The number of rotatable bonds is 4. The van der Waals surface area contributed by atoms with Gasteiger partial charge in [0.2, 0.25) is 5.95 Å². The molecule has 6 heteroatoms. The predicted octanol–water partition coefficient (Wildman–Crippen LogP) is 4.71. The van der Waals surface area contributed by atoms with E-state index < -0.39 is 0 Å². The lowest BCUT2D eigenvalue weighted by Crippen LogP contribution is -1.98. The van der Waals surface area contributed by atoms with E-state index >= 15 is 0 Å². The molecule has 0 amide bonds. The zero-order chi connectivity index (χ0) is 17.1. The van der Waals surface area contributed by atoms with Gasteiger partial charge >= 0.3 is 0 Å². The molecule has 0 bridgehead atoms. The van der Waals surface area contributed by atoms with Crippen LogP contribution < -0.4 is 5.32 Å². The van der Waals surface area contributed by atoms with Crippen LogP contribution in [0.4, 0.5) is 11.6 Å². The van der Waals surface area contributed by atoms with Gasteiger partial charge in [-0.05, 0) is 25.1 Å². The highest BCUT2D eigenvalue weighted by molar-refractivity contribution is 7.13. The van der Waals surface area contributed by atoms with Crippen LogP contribution in [0.1, 0.15) is 5.69 Å². The van der Waals surface area contributed by atoms with Crippen LogP contribution in [0.25, 0.3) is 22.0 Å². The van der Waals surface area contributed by atoms with Crippen molar-refractivity contribution >= 4 is 23.0 Å². The Hall–Kier alpha value is -3.12. The normalized spacial score (nSPS) is 10.6. The molecule has 0 aliphatic rings. The molecule has 3 heterocycles. The van der Waals surface area contributed by atoms with Gasteiger partial charge < -0.3 is 5.32 Å². The third-order valence-electron chi connectivity index (χ3n) is 3.60. The molecule has 0 aliphatic heterocycles. The molecule has 0 fully saturated rings. The molecule has 0 aliphatic carbocycles. The van der Waals surface area contributed by atoms with Crippen LogP contribution in [0.15, 0.2) is 66.3 Å². The van der Waals surface area contributed by atoms with E-state index in [0.29, 0.717) is 5.95 Å². The summed E-state index contributed by atoms with van der Waals surface area (Å²) in [5.74, 6) is 0.539. The third-order valence-corrected chi connectivity index (χ3v) is 4.49. The van der Waals surface area contributed by atoms with Gasteiger partial charge in [0.1, 0.15) is 10.7 Å². The van der Waals surface area contributed by atoms with Crippen LogP contribution in [0.3, 0.4) is 0 Å². The summed E-state index contributed by atoms with van der Waals surface area (Å²) in [6.07, 6.45) is 3.49. The van der Waals surface area contributed by atoms with Crippen molar-refractivity contribution in [1.82, 2.24) is 19.9 Å². The van der Waals surface area contributed by atoms with Crippen LogP contribution in [0.5, 0.6) is 0 Å². The summed E-state index contributed by atoms with van der Waals surface area (Å²) in [4.78, 5) is 17.8. The van der Waals surface area contributed by atoms with Crippen molar-refractivity contribution in [1.29, 1.82) is 0 Å². The molecule has 0 saturated heterocycles. The van der Waals surface area contributed by atoms with Gasteiger partial charge in [-0.3, -0.25) is 4.98 Å². The van der Waals surface area contributed by atoms with Gasteiger partial charge in [0, 0.05) is 34.7 Å². The van der Waals surface area contributed by atoms with E-state index in [4.69, 9.17) is 4.98 Å². The Morgan fingerprint density at radius 2 is 1.72 bits per heavy atom. The minimum absolute atomic E-state index is 0.539. The van der Waals surface area contributed by atoms with Crippen LogP contribution in [-0.4, -0.2) is 19.9 Å². The monoisotopic (exact) mass is 345 g/mol. The molecule has 0 saturated carbocycles. The smallest absolute Gasteiger partial charge is 0.227 e. The second-order valence-corrected chi connectivity index (χ2v) is 6.34. The minimum atomic E-state index is 0.539. The maximum Gasteiger partial charge on any atom is 0.227 e. The largest absolute Gasteiger partial charge is 0.324 e. The highest BCUT2D eigenvalue weighted by atomic mass is 32.1. The SMILES string of the molecule is Cc1cc(Nc2nccc(-c3csc(-c4ccccc4)n3)n2)ccn1. The first kappa shape index (κ1) is 15.4. The Labute approximate surface area is 149 Å². The number of aryl methyl sites for hydroxylation is 1. The summed E-state index contributed by atoms with van der Waals surface area (Å²) in [6, 6.07) is 15.8. The molecule has 4 rings (SSSR count). The number of nitrogens with one attached hydrogen (secondary N) is 1. The molecular formula is C19H15N5S. The molecule has 0 radical (unpaired) electrons. The quantitative estimate of drug-likeness (QED) is 0.580. The Morgan fingerprint density at radius 3 is 2.56 bits per heavy atom. The molecule has 122 valence electrons. The van der Waals surface area contributed by atoms with E-state index in [1.165, 1.54) is 0 Å². The van der Waals surface area contributed by atoms with E-state index in [-0.39, 0.29) is 0 Å². The summed E-state index contributed by atoms with van der Waals surface area (Å²) in [7, 11) is 0. The number of hydrogen-bond acceptors (Lipinski definition) is 6. The fraction of sp³-hybridized carbons (Fsp3) is 0.0526. The lowest BCUT2D eigenvalue weighted by atomic mass is 10.2. The molecule has 0 atom stereocenters. The number of nitrogens with zero attached hydrogens (tertiary/aromatic N) is 4. The van der Waals surface area contributed by atoms with Crippen molar-refractivity contribution in [3.05, 3.63) is 72.0 Å². The molecule has 25 heavy (non-hydrogen) atoms. The van der Waals surface area contributed by atoms with Crippen molar-refractivity contribution in [2.75, 3.05) is 5.32 Å². The first-order chi connectivity index (χ1) is 12.3. The maximum absolute atomic E-state index is 4.70. The molecule has 4 aromatic rings. The van der Waals surface area contributed by atoms with Crippen LogP contribution in [-0.2, 0) is 0 Å². The van der Waals surface area contributed by atoms with Gasteiger partial charge in [-0.2, -0.15) is 0 Å². The topological polar surface area (TPSA) is 63.6 Å². The van der Waals surface area contributed by atoms with Crippen molar-refractivity contribution < 1.29 is 0 Å². The van der Waals surface area contributed by atoms with Gasteiger partial charge in [-0.25, -0.2) is 15.0 Å². The van der Waals surface area contributed by atoms with Gasteiger partial charge in [-0.15, -0.1) is 11.3 Å². The molecule has 1 aromatic carbocycles. The highest BCUT2D eigenvalue weighted by Crippen LogP contribution is 2.28. The summed E-state index contributed by atoms with van der Waals surface area (Å²) >= 11 is 1.61. The number of thiazole rings is 1.